The molecule has 3 aliphatic rings. The van der Waals surface area contributed by atoms with E-state index in [1.165, 1.54) is 96.3 Å². The third kappa shape index (κ3) is 25.3. The van der Waals surface area contributed by atoms with E-state index < -0.39 is 155 Å². The molecule has 0 aromatic rings. The van der Waals surface area contributed by atoms with Gasteiger partial charge in [0.2, 0.25) is 11.8 Å². The molecule has 82 heavy (non-hydrogen) atoms. The normalized spacial score (nSPS) is 30.3. The van der Waals surface area contributed by atoms with Gasteiger partial charge >= 0.3 is 5.97 Å². The Hall–Kier alpha value is -2.79. The van der Waals surface area contributed by atoms with Gasteiger partial charge in [0.1, 0.15) is 67.1 Å². The maximum absolute atomic E-state index is 13.3. The van der Waals surface area contributed by atoms with Crippen molar-refractivity contribution in [2.45, 2.75) is 304 Å². The van der Waals surface area contributed by atoms with E-state index in [4.69, 9.17) is 28.4 Å². The molecule has 18 atom stereocenters. The first-order valence-electron chi connectivity index (χ1n) is 30.7. The number of aliphatic hydroxyl groups excluding tert-OH is 11. The first-order valence-corrected chi connectivity index (χ1v) is 30.7. The van der Waals surface area contributed by atoms with Crippen molar-refractivity contribution in [2.75, 3.05) is 26.4 Å². The summed E-state index contributed by atoms with van der Waals surface area (Å²) in [6.07, 6.45) is 6.53. The van der Waals surface area contributed by atoms with E-state index in [-0.39, 0.29) is 12.3 Å². The molecule has 23 heteroatoms. The smallest absolute Gasteiger partial charge is 0.364 e. The van der Waals surface area contributed by atoms with Crippen molar-refractivity contribution in [1.82, 2.24) is 10.6 Å². The fraction of sp³-hybridized carbons (Fsp3) is 0.881. The molecule has 0 aromatic carbocycles. The molecule has 0 bridgehead atoms. The van der Waals surface area contributed by atoms with Crippen LogP contribution in [0.2, 0.25) is 0 Å². The average Bonchev–Trinajstić information content (AvgIpc) is 3.60. The van der Waals surface area contributed by atoms with E-state index in [0.29, 0.717) is 19.3 Å². The van der Waals surface area contributed by atoms with E-state index in [9.17, 15) is 75.7 Å². The van der Waals surface area contributed by atoms with Crippen LogP contribution in [0.15, 0.2) is 24.3 Å². The van der Waals surface area contributed by atoms with Gasteiger partial charge in [-0.2, -0.15) is 0 Å². The largest absolute Gasteiger partial charge is 0.477 e. The zero-order valence-corrected chi connectivity index (χ0v) is 49.1. The van der Waals surface area contributed by atoms with Crippen molar-refractivity contribution < 1.29 is 104 Å². The van der Waals surface area contributed by atoms with Gasteiger partial charge < -0.3 is 100 Å². The molecule has 18 unspecified atom stereocenters. The van der Waals surface area contributed by atoms with Crippen LogP contribution in [0.25, 0.3) is 0 Å². The number of carboxylic acids is 1. The molecular weight excluding hydrogens is 1070 g/mol. The highest BCUT2D eigenvalue weighted by molar-refractivity contribution is 5.77. The van der Waals surface area contributed by atoms with Crippen LogP contribution < -0.4 is 10.6 Å². The minimum absolute atomic E-state index is 0.117. The number of aliphatic carboxylic acids is 1. The zero-order valence-electron chi connectivity index (χ0n) is 49.1. The number of carbonyl (C=O) groups excluding carboxylic acids is 2. The fourth-order valence-electron chi connectivity index (χ4n) is 10.7. The lowest BCUT2D eigenvalue weighted by Gasteiger charge is -2.50. The Morgan fingerprint density at radius 2 is 1.17 bits per heavy atom. The average molecular weight is 1180 g/mol. The summed E-state index contributed by atoms with van der Waals surface area (Å²) in [4.78, 5) is 38.3. The Bertz CT molecular complexity index is 1780. The van der Waals surface area contributed by atoms with Crippen LogP contribution in [0.1, 0.15) is 194 Å². The van der Waals surface area contributed by atoms with Gasteiger partial charge in [-0.25, -0.2) is 4.79 Å². The zero-order chi connectivity index (χ0) is 60.5. The highest BCUT2D eigenvalue weighted by Gasteiger charge is 2.60. The van der Waals surface area contributed by atoms with Crippen molar-refractivity contribution in [1.29, 1.82) is 0 Å². The van der Waals surface area contributed by atoms with Crippen molar-refractivity contribution in [3.05, 3.63) is 24.3 Å². The molecule has 3 saturated heterocycles. The number of carbonyl (C=O) groups is 3. The van der Waals surface area contributed by atoms with Crippen LogP contribution >= 0.6 is 0 Å². The quantitative estimate of drug-likeness (QED) is 0.0308. The van der Waals surface area contributed by atoms with Crippen molar-refractivity contribution in [3.63, 3.8) is 0 Å². The lowest BCUT2D eigenvalue weighted by Crippen LogP contribution is -2.70. The summed E-state index contributed by atoms with van der Waals surface area (Å²) in [5.74, 6) is -6.18. The Balaban J connectivity index is 1.68. The Morgan fingerprint density at radius 3 is 1.71 bits per heavy atom. The molecule has 478 valence electrons. The predicted octanol–water partition coefficient (Wildman–Crippen LogP) is 2.94. The summed E-state index contributed by atoms with van der Waals surface area (Å²) in [6, 6.07) is -2.56. The molecule has 14 N–H and O–H groups in total. The van der Waals surface area contributed by atoms with Crippen LogP contribution in [0, 0.1) is 0 Å². The minimum atomic E-state index is -3.08. The monoisotopic (exact) mass is 1180 g/mol. The second-order valence-corrected chi connectivity index (χ2v) is 22.6. The molecule has 3 aliphatic heterocycles. The number of rotatable bonds is 44. The molecule has 23 nitrogen and oxygen atoms in total. The van der Waals surface area contributed by atoms with Crippen molar-refractivity contribution in [3.8, 4) is 0 Å². The van der Waals surface area contributed by atoms with Gasteiger partial charge in [-0.1, -0.05) is 167 Å². The van der Waals surface area contributed by atoms with E-state index in [1.807, 2.05) is 12.2 Å². The summed E-state index contributed by atoms with van der Waals surface area (Å²) in [5, 5.41) is 135. The van der Waals surface area contributed by atoms with Gasteiger partial charge in [-0.15, -0.1) is 0 Å². The molecule has 2 amide bonds. The predicted molar refractivity (Wildman–Crippen MR) is 301 cm³/mol. The number of ether oxygens (including phenoxy) is 6. The van der Waals surface area contributed by atoms with Gasteiger partial charge in [0.25, 0.3) is 5.79 Å². The van der Waals surface area contributed by atoms with Crippen LogP contribution in [0.4, 0.5) is 0 Å². The number of unbranched alkanes of at least 4 members (excludes halogenated alkanes) is 20. The molecule has 3 fully saturated rings. The van der Waals surface area contributed by atoms with Gasteiger partial charge in [-0.3, -0.25) is 9.59 Å². The molecule has 0 radical (unpaired) electrons. The molecule has 0 aromatic heterocycles. The maximum Gasteiger partial charge on any atom is 0.364 e. The topological polar surface area (TPSA) is 373 Å². The molecule has 0 saturated carbocycles. The highest BCUT2D eigenvalue weighted by atomic mass is 16.8. The van der Waals surface area contributed by atoms with Crippen molar-refractivity contribution in [2.24, 2.45) is 0 Å². The second-order valence-electron chi connectivity index (χ2n) is 22.6. The number of allylic oxidation sites excluding steroid dienone is 4. The molecular formula is C59H106N2O21. The standard InChI is InChI=1S/C59H106N2O21/c1-4-6-8-10-12-14-16-18-19-21-22-24-26-28-30-32-41(66)40(61-46(69)33-31-29-27-25-23-20-17-15-13-11-9-7-5-2)38-77-56-51(73)50(72)53(45(37-64)79-56)80-57-52(74)55(49(71)44(36-63)78-57)82-59(58(75)76)34-42(67)47(60-39(3)65)54(81-59)48(70)43(68)35-62/h20,23,27,29,40-45,47-57,62-64,66-68,70-74H,4-19,21-22,24-26,28,30-38H2,1-3H3,(H,60,65)(H,61,69)(H,75,76)/b23-20-,29-27-. The molecule has 3 rings (SSSR count). The maximum atomic E-state index is 13.3. The first-order chi connectivity index (χ1) is 39.4. The van der Waals surface area contributed by atoms with Gasteiger partial charge in [0.15, 0.2) is 12.6 Å². The molecule has 0 spiro atoms. The van der Waals surface area contributed by atoms with Gasteiger partial charge in [-0.05, 0) is 32.1 Å². The van der Waals surface area contributed by atoms with Gasteiger partial charge in [0, 0.05) is 19.8 Å². The number of carboxylic acid groups (broad SMARTS) is 1. The Kier molecular flexibility index (Phi) is 37.0. The lowest BCUT2D eigenvalue weighted by molar-refractivity contribution is -0.386. The van der Waals surface area contributed by atoms with Crippen LogP contribution in [0.3, 0.4) is 0 Å². The van der Waals surface area contributed by atoms with E-state index in [1.54, 1.807) is 0 Å². The van der Waals surface area contributed by atoms with Crippen LogP contribution in [0.5, 0.6) is 0 Å². The first kappa shape index (κ1) is 73.5. The Morgan fingerprint density at radius 1 is 0.634 bits per heavy atom. The summed E-state index contributed by atoms with van der Waals surface area (Å²) in [6.45, 7) is 2.11. The van der Waals surface area contributed by atoms with Crippen LogP contribution in [-0.2, 0) is 42.8 Å². The number of aliphatic hydroxyl groups is 11. The summed E-state index contributed by atoms with van der Waals surface area (Å²) >= 11 is 0. The SMILES string of the molecule is CCCCCCCC/C=C\C/C=C\CCC(=O)NC(COC1OC(CO)C(OC2OC(CO)C(O)C(OC3(C(=O)O)CC(O)C(NC(C)=O)C(C(O)C(O)CO)O3)C2O)C(O)C1O)C(O)CCCCCCCCCCCCCCCCC. The third-order valence-electron chi connectivity index (χ3n) is 15.7. The second kappa shape index (κ2) is 41.3. The minimum Gasteiger partial charge on any atom is -0.477 e. The summed E-state index contributed by atoms with van der Waals surface area (Å²) < 4.78 is 34.7. The van der Waals surface area contributed by atoms with E-state index >= 15 is 0 Å². The number of amides is 2. The summed E-state index contributed by atoms with van der Waals surface area (Å²) in [5.41, 5.74) is 0. The number of hydrogen-bond acceptors (Lipinski definition) is 20. The lowest BCUT2D eigenvalue weighted by atomic mass is 9.88. The highest BCUT2D eigenvalue weighted by Crippen LogP contribution is 2.38. The molecule has 3 heterocycles. The summed E-state index contributed by atoms with van der Waals surface area (Å²) in [7, 11) is 0. The Labute approximate surface area is 485 Å². The van der Waals surface area contributed by atoms with Crippen LogP contribution in [-0.4, -0.2) is 215 Å². The van der Waals surface area contributed by atoms with Crippen molar-refractivity contribution >= 4 is 17.8 Å². The third-order valence-corrected chi connectivity index (χ3v) is 15.7. The van der Waals surface area contributed by atoms with E-state index in [0.717, 1.165) is 51.9 Å². The molecule has 0 aliphatic carbocycles. The number of hydrogen-bond donors (Lipinski definition) is 14. The number of nitrogens with one attached hydrogen (secondary N) is 2. The van der Waals surface area contributed by atoms with Gasteiger partial charge in [0.05, 0.1) is 50.7 Å². The van der Waals surface area contributed by atoms with E-state index in [2.05, 4.69) is 36.6 Å². The fourth-order valence-corrected chi connectivity index (χ4v) is 10.7.